The lowest BCUT2D eigenvalue weighted by atomic mass is 9.98. The Morgan fingerprint density at radius 3 is 2.47 bits per heavy atom. The monoisotopic (exact) mass is 275 g/mol. The van der Waals surface area contributed by atoms with E-state index in [-0.39, 0.29) is 0 Å². The molecular formula is C15H18ClN3. The molecule has 0 amide bonds. The summed E-state index contributed by atoms with van der Waals surface area (Å²) in [5.74, 6) is 0. The van der Waals surface area contributed by atoms with Crippen LogP contribution in [0.5, 0.6) is 0 Å². The van der Waals surface area contributed by atoms with Gasteiger partial charge in [0.25, 0.3) is 0 Å². The number of aromatic nitrogens is 2. The van der Waals surface area contributed by atoms with Crippen molar-refractivity contribution in [2.24, 2.45) is 5.73 Å². The molecule has 0 unspecified atom stereocenters. The molecule has 0 atom stereocenters. The van der Waals surface area contributed by atoms with Crippen molar-refractivity contribution in [2.75, 3.05) is 0 Å². The third-order valence-corrected chi connectivity index (χ3v) is 3.47. The molecule has 0 radical (unpaired) electrons. The predicted molar refractivity (Wildman–Crippen MR) is 79.0 cm³/mol. The Kier molecular flexibility index (Phi) is 4.88. The molecule has 0 aliphatic rings. The van der Waals surface area contributed by atoms with Crippen LogP contribution in [-0.2, 0) is 13.0 Å². The summed E-state index contributed by atoms with van der Waals surface area (Å²) in [6, 6.07) is 10.1. The number of hydrogen-bond acceptors (Lipinski definition) is 3. The second-order valence-electron chi connectivity index (χ2n) is 4.47. The number of nitrogens with zero attached hydrogens (tertiary/aromatic N) is 2. The van der Waals surface area contributed by atoms with Crippen LogP contribution >= 0.6 is 11.6 Å². The highest BCUT2D eigenvalue weighted by Gasteiger charge is 2.15. The second-order valence-corrected chi connectivity index (χ2v) is 4.83. The Morgan fingerprint density at radius 2 is 1.84 bits per heavy atom. The van der Waals surface area contributed by atoms with E-state index in [9.17, 15) is 0 Å². The summed E-state index contributed by atoms with van der Waals surface area (Å²) in [6.45, 7) is 2.56. The van der Waals surface area contributed by atoms with Crippen molar-refractivity contribution in [2.45, 2.75) is 32.7 Å². The van der Waals surface area contributed by atoms with Gasteiger partial charge in [-0.1, -0.05) is 55.3 Å². The molecule has 1 heterocycles. The van der Waals surface area contributed by atoms with E-state index >= 15 is 0 Å². The summed E-state index contributed by atoms with van der Waals surface area (Å²) in [5.41, 5.74) is 9.84. The lowest BCUT2D eigenvalue weighted by Crippen LogP contribution is -2.08. The smallest absolute Gasteiger partial charge is 0.156 e. The Labute approximate surface area is 118 Å². The summed E-state index contributed by atoms with van der Waals surface area (Å²) < 4.78 is 0. The molecule has 100 valence electrons. The van der Waals surface area contributed by atoms with Crippen molar-refractivity contribution in [3.8, 4) is 11.3 Å². The van der Waals surface area contributed by atoms with Crippen LogP contribution in [-0.4, -0.2) is 10.2 Å². The van der Waals surface area contributed by atoms with Gasteiger partial charge in [0.05, 0.1) is 5.69 Å². The number of rotatable bonds is 5. The molecule has 0 spiro atoms. The number of benzene rings is 1. The zero-order valence-electron chi connectivity index (χ0n) is 11.1. The van der Waals surface area contributed by atoms with Gasteiger partial charge in [0.15, 0.2) is 5.15 Å². The summed E-state index contributed by atoms with van der Waals surface area (Å²) in [7, 11) is 0. The lowest BCUT2D eigenvalue weighted by Gasteiger charge is -2.13. The highest BCUT2D eigenvalue weighted by Crippen LogP contribution is 2.28. The highest BCUT2D eigenvalue weighted by molar-refractivity contribution is 6.30. The fourth-order valence-corrected chi connectivity index (χ4v) is 2.37. The molecule has 0 aliphatic heterocycles. The summed E-state index contributed by atoms with van der Waals surface area (Å²) in [5, 5.41) is 8.73. The van der Waals surface area contributed by atoms with Crippen LogP contribution in [0.3, 0.4) is 0 Å². The maximum absolute atomic E-state index is 6.11. The third kappa shape index (κ3) is 3.11. The van der Waals surface area contributed by atoms with Crippen molar-refractivity contribution in [3.63, 3.8) is 0 Å². The lowest BCUT2D eigenvalue weighted by molar-refractivity contribution is 0.776. The van der Waals surface area contributed by atoms with Crippen molar-refractivity contribution in [3.05, 3.63) is 46.6 Å². The van der Waals surface area contributed by atoms with Gasteiger partial charge in [-0.3, -0.25) is 0 Å². The van der Waals surface area contributed by atoms with E-state index in [1.54, 1.807) is 0 Å². The molecule has 2 aromatic rings. The fraction of sp³-hybridized carbons (Fsp3) is 0.333. The van der Waals surface area contributed by atoms with E-state index < -0.39 is 0 Å². The minimum Gasteiger partial charge on any atom is -0.326 e. The number of nitrogens with two attached hydrogens (primary N) is 1. The fourth-order valence-electron chi connectivity index (χ4n) is 2.14. The minimum absolute atomic E-state index is 0.396. The average Bonchev–Trinajstić information content (AvgIpc) is 2.46. The quantitative estimate of drug-likeness (QED) is 0.907. The van der Waals surface area contributed by atoms with Gasteiger partial charge in [-0.15, -0.1) is 10.2 Å². The van der Waals surface area contributed by atoms with E-state index in [1.165, 1.54) is 0 Å². The normalized spacial score (nSPS) is 10.7. The van der Waals surface area contributed by atoms with E-state index in [1.807, 2.05) is 30.3 Å². The molecule has 3 nitrogen and oxygen atoms in total. The topological polar surface area (TPSA) is 51.8 Å². The molecule has 2 rings (SSSR count). The third-order valence-electron chi connectivity index (χ3n) is 3.17. The van der Waals surface area contributed by atoms with Gasteiger partial charge < -0.3 is 5.73 Å². The molecule has 0 saturated carbocycles. The Morgan fingerprint density at radius 1 is 1.11 bits per heavy atom. The minimum atomic E-state index is 0.396. The molecule has 0 bridgehead atoms. The highest BCUT2D eigenvalue weighted by atomic mass is 35.5. The van der Waals surface area contributed by atoms with Gasteiger partial charge in [-0.05, 0) is 18.4 Å². The Hall–Kier alpha value is -1.45. The molecule has 19 heavy (non-hydrogen) atoms. The molecule has 0 aliphatic carbocycles. The van der Waals surface area contributed by atoms with Crippen LogP contribution in [0.15, 0.2) is 30.3 Å². The van der Waals surface area contributed by atoms with Crippen LogP contribution in [0.4, 0.5) is 0 Å². The van der Waals surface area contributed by atoms with Crippen LogP contribution in [0.2, 0.25) is 5.15 Å². The first-order chi connectivity index (χ1) is 9.27. The van der Waals surface area contributed by atoms with E-state index in [0.29, 0.717) is 11.7 Å². The first-order valence-corrected chi connectivity index (χ1v) is 6.95. The SMILES string of the molecule is CCCCc1c(-c2ccccc2)nnc(Cl)c1CN. The van der Waals surface area contributed by atoms with Crippen LogP contribution < -0.4 is 5.73 Å². The molecule has 1 aromatic carbocycles. The van der Waals surface area contributed by atoms with Crippen molar-refractivity contribution >= 4 is 11.6 Å². The van der Waals surface area contributed by atoms with Gasteiger partial charge in [0.1, 0.15) is 0 Å². The predicted octanol–water partition coefficient (Wildman–Crippen LogP) is 3.60. The van der Waals surface area contributed by atoms with Gasteiger partial charge in [0.2, 0.25) is 0 Å². The first-order valence-electron chi connectivity index (χ1n) is 6.57. The van der Waals surface area contributed by atoms with Crippen molar-refractivity contribution in [1.29, 1.82) is 0 Å². The zero-order chi connectivity index (χ0) is 13.7. The molecule has 4 heteroatoms. The Bertz CT molecular complexity index is 541. The maximum Gasteiger partial charge on any atom is 0.156 e. The van der Waals surface area contributed by atoms with Gasteiger partial charge >= 0.3 is 0 Å². The molecule has 0 fully saturated rings. The van der Waals surface area contributed by atoms with Crippen LogP contribution in [0.25, 0.3) is 11.3 Å². The maximum atomic E-state index is 6.11. The molecule has 0 saturated heterocycles. The molecule has 2 N–H and O–H groups in total. The van der Waals surface area contributed by atoms with Crippen LogP contribution in [0, 0.1) is 0 Å². The van der Waals surface area contributed by atoms with E-state index in [0.717, 1.165) is 41.6 Å². The summed E-state index contributed by atoms with van der Waals surface area (Å²) >= 11 is 6.11. The van der Waals surface area contributed by atoms with Crippen molar-refractivity contribution < 1.29 is 0 Å². The van der Waals surface area contributed by atoms with E-state index in [2.05, 4.69) is 17.1 Å². The van der Waals surface area contributed by atoms with Gasteiger partial charge in [-0.25, -0.2) is 0 Å². The number of unbranched alkanes of at least 4 members (excludes halogenated alkanes) is 1. The summed E-state index contributed by atoms with van der Waals surface area (Å²) in [6.07, 6.45) is 3.15. The van der Waals surface area contributed by atoms with Crippen LogP contribution in [0.1, 0.15) is 30.9 Å². The zero-order valence-corrected chi connectivity index (χ0v) is 11.8. The second kappa shape index (κ2) is 6.64. The Balaban J connectivity index is 2.53. The van der Waals surface area contributed by atoms with Crippen molar-refractivity contribution in [1.82, 2.24) is 10.2 Å². The summed E-state index contributed by atoms with van der Waals surface area (Å²) in [4.78, 5) is 0. The van der Waals surface area contributed by atoms with Gasteiger partial charge in [-0.2, -0.15) is 0 Å². The number of hydrogen-bond donors (Lipinski definition) is 1. The standard InChI is InChI=1S/C15H18ClN3/c1-2-3-9-12-13(10-17)15(16)19-18-14(12)11-7-5-4-6-8-11/h4-8H,2-3,9-10,17H2,1H3. The van der Waals surface area contributed by atoms with Gasteiger partial charge in [0, 0.05) is 17.7 Å². The molecular weight excluding hydrogens is 258 g/mol. The number of halogens is 1. The van der Waals surface area contributed by atoms with E-state index in [4.69, 9.17) is 17.3 Å². The average molecular weight is 276 g/mol. The first kappa shape index (κ1) is 14.0. The molecule has 1 aromatic heterocycles. The largest absolute Gasteiger partial charge is 0.326 e.